The molecule has 1 amide bonds. The molecule has 3 fully saturated rings. The summed E-state index contributed by atoms with van der Waals surface area (Å²) in [5.74, 6) is -1.19. The molecule has 1 aromatic carbocycles. The third-order valence-corrected chi connectivity index (χ3v) is 6.56. The lowest BCUT2D eigenvalue weighted by molar-refractivity contribution is -0.218. The van der Waals surface area contributed by atoms with E-state index in [9.17, 15) is 13.6 Å². The Kier molecular flexibility index (Phi) is 5.27. The monoisotopic (exact) mass is 440 g/mol. The summed E-state index contributed by atoms with van der Waals surface area (Å²) in [7, 11) is 0. The number of likely N-dealkylation sites (tertiary alicyclic amines) is 1. The van der Waals surface area contributed by atoms with Gasteiger partial charge in [0.2, 0.25) is 5.91 Å². The molecule has 4 heterocycles. The number of carbonyl (C=O) groups is 1. The zero-order valence-electron chi connectivity index (χ0n) is 17.3. The van der Waals surface area contributed by atoms with Crippen LogP contribution in [0.1, 0.15) is 24.0 Å². The van der Waals surface area contributed by atoms with Gasteiger partial charge in [0.15, 0.2) is 11.6 Å². The Morgan fingerprint density at radius 3 is 2.50 bits per heavy atom. The van der Waals surface area contributed by atoms with E-state index in [1.54, 1.807) is 17.2 Å². The molecule has 1 unspecified atom stereocenters. The number of nitriles is 1. The van der Waals surface area contributed by atoms with Gasteiger partial charge in [-0.05, 0) is 42.7 Å². The van der Waals surface area contributed by atoms with E-state index in [1.807, 2.05) is 6.07 Å². The molecule has 2 atom stereocenters. The molecule has 0 N–H and O–H groups in total. The first-order chi connectivity index (χ1) is 15.5. The number of amides is 1. The van der Waals surface area contributed by atoms with Crippen molar-refractivity contribution in [3.63, 3.8) is 0 Å². The van der Waals surface area contributed by atoms with Gasteiger partial charge in [-0.3, -0.25) is 4.79 Å². The Morgan fingerprint density at radius 1 is 1.19 bits per heavy atom. The van der Waals surface area contributed by atoms with Gasteiger partial charge in [0.05, 0.1) is 18.8 Å². The number of halogens is 2. The van der Waals surface area contributed by atoms with Crippen LogP contribution in [-0.2, 0) is 19.9 Å². The van der Waals surface area contributed by atoms with Crippen molar-refractivity contribution < 1.29 is 23.0 Å². The van der Waals surface area contributed by atoms with Crippen LogP contribution in [0.25, 0.3) is 0 Å². The van der Waals surface area contributed by atoms with Gasteiger partial charge in [0, 0.05) is 31.4 Å². The van der Waals surface area contributed by atoms with Crippen LogP contribution in [0.2, 0.25) is 0 Å². The molecule has 3 saturated heterocycles. The topological polar surface area (TPSA) is 78.7 Å². The average Bonchev–Trinajstić information content (AvgIpc) is 3.04. The number of benzene rings is 1. The van der Waals surface area contributed by atoms with Crippen molar-refractivity contribution in [2.75, 3.05) is 37.8 Å². The van der Waals surface area contributed by atoms with Crippen LogP contribution in [0.4, 0.5) is 14.6 Å². The molecule has 5 rings (SSSR count). The molecule has 3 aliphatic rings. The molecule has 0 saturated carbocycles. The van der Waals surface area contributed by atoms with Crippen molar-refractivity contribution in [3.05, 3.63) is 59.3 Å². The van der Waals surface area contributed by atoms with Crippen LogP contribution in [0, 0.1) is 23.0 Å². The first-order valence-electron chi connectivity index (χ1n) is 10.6. The Bertz CT molecular complexity index is 1050. The lowest BCUT2D eigenvalue weighted by atomic mass is 9.91. The summed E-state index contributed by atoms with van der Waals surface area (Å²) in [6.07, 6.45) is 3.49. The number of fused-ring (bicyclic) bond motifs is 2. The minimum Gasteiger partial charge on any atom is -0.375 e. The summed E-state index contributed by atoms with van der Waals surface area (Å²) >= 11 is 0. The van der Waals surface area contributed by atoms with Crippen LogP contribution in [0.15, 0.2) is 36.5 Å². The summed E-state index contributed by atoms with van der Waals surface area (Å²) < 4.78 is 38.2. The molecule has 2 bridgehead atoms. The minimum absolute atomic E-state index is 0.136. The van der Waals surface area contributed by atoms with Crippen molar-refractivity contribution in [1.29, 1.82) is 5.26 Å². The van der Waals surface area contributed by atoms with Gasteiger partial charge in [-0.25, -0.2) is 13.8 Å². The van der Waals surface area contributed by atoms with E-state index in [-0.39, 0.29) is 37.8 Å². The van der Waals surface area contributed by atoms with E-state index in [1.165, 1.54) is 6.07 Å². The molecule has 9 heteroatoms. The predicted octanol–water partition coefficient (Wildman–Crippen LogP) is 2.35. The first-order valence-corrected chi connectivity index (χ1v) is 10.6. The largest absolute Gasteiger partial charge is 0.375 e. The minimum atomic E-state index is -0.951. The maximum absolute atomic E-state index is 13.7. The number of piperazine rings is 1. The third-order valence-electron chi connectivity index (χ3n) is 6.56. The summed E-state index contributed by atoms with van der Waals surface area (Å²) in [5, 5.41) is 8.98. The van der Waals surface area contributed by atoms with Crippen molar-refractivity contribution >= 4 is 11.7 Å². The second-order valence-electron chi connectivity index (χ2n) is 8.51. The number of pyridine rings is 1. The lowest BCUT2D eigenvalue weighted by Crippen LogP contribution is -2.57. The second-order valence-corrected chi connectivity index (χ2v) is 8.51. The maximum atomic E-state index is 13.7. The SMILES string of the molecule is N#Cc1ccc(N2C3CC[C@H]2CN(C(=O)COC2(c4ccc(F)c(F)c4)COC2)C3)nc1. The quantitative estimate of drug-likeness (QED) is 0.710. The van der Waals surface area contributed by atoms with Crippen LogP contribution >= 0.6 is 0 Å². The van der Waals surface area contributed by atoms with Crippen molar-refractivity contribution in [2.45, 2.75) is 30.5 Å². The van der Waals surface area contributed by atoms with E-state index in [0.29, 0.717) is 24.2 Å². The highest BCUT2D eigenvalue weighted by Gasteiger charge is 2.45. The molecule has 0 spiro atoms. The summed E-state index contributed by atoms with van der Waals surface area (Å²) in [5.41, 5.74) is 0.0476. The fraction of sp³-hybridized carbons (Fsp3) is 0.435. The smallest absolute Gasteiger partial charge is 0.248 e. The number of rotatable bonds is 5. The fourth-order valence-corrected chi connectivity index (χ4v) is 4.78. The number of carbonyl (C=O) groups excluding carboxylic acids is 1. The third kappa shape index (κ3) is 3.59. The predicted molar refractivity (Wildman–Crippen MR) is 110 cm³/mol. The second kappa shape index (κ2) is 8.11. The van der Waals surface area contributed by atoms with E-state index in [4.69, 9.17) is 14.7 Å². The summed E-state index contributed by atoms with van der Waals surface area (Å²) in [4.78, 5) is 21.4. The van der Waals surface area contributed by atoms with Gasteiger partial charge >= 0.3 is 0 Å². The van der Waals surface area contributed by atoms with E-state index < -0.39 is 17.2 Å². The zero-order valence-corrected chi connectivity index (χ0v) is 17.3. The van der Waals surface area contributed by atoms with Crippen LogP contribution in [0.5, 0.6) is 0 Å². The normalized spacial score (nSPS) is 23.5. The van der Waals surface area contributed by atoms with E-state index in [0.717, 1.165) is 30.8 Å². The molecule has 7 nitrogen and oxygen atoms in total. The number of hydrogen-bond donors (Lipinski definition) is 0. The number of hydrogen-bond acceptors (Lipinski definition) is 6. The highest BCUT2D eigenvalue weighted by Crippen LogP contribution is 2.36. The number of ether oxygens (including phenoxy) is 2. The molecular formula is C23H22F2N4O3. The Labute approximate surface area is 184 Å². The van der Waals surface area contributed by atoms with Crippen LogP contribution < -0.4 is 4.90 Å². The first kappa shape index (κ1) is 20.8. The molecular weight excluding hydrogens is 418 g/mol. The highest BCUT2D eigenvalue weighted by molar-refractivity contribution is 5.78. The molecule has 1 aromatic heterocycles. The summed E-state index contributed by atoms with van der Waals surface area (Å²) in [6, 6.07) is 9.63. The van der Waals surface area contributed by atoms with Gasteiger partial charge in [-0.15, -0.1) is 0 Å². The molecule has 32 heavy (non-hydrogen) atoms. The number of aromatic nitrogens is 1. The van der Waals surface area contributed by atoms with Crippen molar-refractivity contribution in [1.82, 2.24) is 9.88 Å². The maximum Gasteiger partial charge on any atom is 0.248 e. The van der Waals surface area contributed by atoms with Crippen molar-refractivity contribution in [2.24, 2.45) is 0 Å². The van der Waals surface area contributed by atoms with Gasteiger partial charge in [0.1, 0.15) is 24.1 Å². The standard InChI is InChI=1S/C23H22F2N4O3/c24-19-5-2-16(7-20(19)25)23(13-31-14-23)32-12-22(30)28-10-17-3-4-18(11-28)29(17)21-6-1-15(8-26)9-27-21/h1-2,5-7,9,17-18H,3-4,10-14H2/t17-,18?/m0/s1. The molecule has 0 aliphatic carbocycles. The molecule has 3 aliphatic heterocycles. The number of anilines is 1. The number of nitrogens with zero attached hydrogens (tertiary/aromatic N) is 4. The molecule has 166 valence electrons. The Balaban J connectivity index is 1.23. The average molecular weight is 440 g/mol. The van der Waals surface area contributed by atoms with Gasteiger partial charge in [-0.1, -0.05) is 6.07 Å². The van der Waals surface area contributed by atoms with Crippen LogP contribution in [-0.4, -0.2) is 60.8 Å². The van der Waals surface area contributed by atoms with Gasteiger partial charge in [0.25, 0.3) is 0 Å². The highest BCUT2D eigenvalue weighted by atomic mass is 19.2. The molecule has 2 aromatic rings. The Morgan fingerprint density at radius 2 is 1.94 bits per heavy atom. The lowest BCUT2D eigenvalue weighted by Gasteiger charge is -2.44. The Hall–Kier alpha value is -3.09. The van der Waals surface area contributed by atoms with Crippen molar-refractivity contribution in [3.8, 4) is 6.07 Å². The van der Waals surface area contributed by atoms with E-state index in [2.05, 4.69) is 16.0 Å². The van der Waals surface area contributed by atoms with Crippen LogP contribution in [0.3, 0.4) is 0 Å². The van der Waals surface area contributed by atoms with E-state index >= 15 is 0 Å². The van der Waals surface area contributed by atoms with Gasteiger partial charge in [-0.2, -0.15) is 5.26 Å². The fourth-order valence-electron chi connectivity index (χ4n) is 4.78. The molecule has 0 radical (unpaired) electrons. The summed E-state index contributed by atoms with van der Waals surface area (Å²) in [6.45, 7) is 1.35. The zero-order chi connectivity index (χ0) is 22.3. The van der Waals surface area contributed by atoms with Gasteiger partial charge < -0.3 is 19.3 Å².